The van der Waals surface area contributed by atoms with Crippen LogP contribution in [-0.4, -0.2) is 22.6 Å². The van der Waals surface area contributed by atoms with E-state index in [0.29, 0.717) is 23.9 Å². The second-order valence-electron chi connectivity index (χ2n) is 11.0. The summed E-state index contributed by atoms with van der Waals surface area (Å²) >= 11 is 0. The minimum atomic E-state index is -3.16. The van der Waals surface area contributed by atoms with Crippen molar-refractivity contribution in [3.05, 3.63) is 58.7 Å². The first-order valence-corrected chi connectivity index (χ1v) is 12.5. The highest BCUT2D eigenvalue weighted by Gasteiger charge is 2.53. The molecular formula is C27H28F3N3O2. The predicted octanol–water partition coefficient (Wildman–Crippen LogP) is 6.47. The molecule has 184 valence electrons. The van der Waals surface area contributed by atoms with Crippen molar-refractivity contribution in [3.63, 3.8) is 0 Å². The zero-order valence-electron chi connectivity index (χ0n) is 19.7. The molecule has 0 saturated heterocycles. The molecule has 0 unspecified atom stereocenters. The maximum absolute atomic E-state index is 13.7. The highest BCUT2D eigenvalue weighted by Crippen LogP contribution is 2.58. The first kappa shape index (κ1) is 22.6. The molecule has 0 N–H and O–H groups in total. The molecule has 2 bridgehead atoms. The number of fused-ring (bicyclic) bond motifs is 3. The maximum atomic E-state index is 13.7. The predicted molar refractivity (Wildman–Crippen MR) is 123 cm³/mol. The van der Waals surface area contributed by atoms with Gasteiger partial charge in [0.15, 0.2) is 5.82 Å². The third-order valence-electron chi connectivity index (χ3n) is 8.52. The van der Waals surface area contributed by atoms with Crippen LogP contribution in [0.4, 0.5) is 18.9 Å². The Morgan fingerprint density at radius 3 is 2.46 bits per heavy atom. The molecule has 1 aromatic carbocycles. The number of rotatable bonds is 7. The minimum absolute atomic E-state index is 0.0377. The third kappa shape index (κ3) is 4.02. The van der Waals surface area contributed by atoms with Gasteiger partial charge in [-0.25, -0.2) is 4.39 Å². The number of amides is 1. The van der Waals surface area contributed by atoms with E-state index in [-0.39, 0.29) is 29.0 Å². The molecular weight excluding hydrogens is 455 g/mol. The number of aromatic nitrogens is 2. The van der Waals surface area contributed by atoms with Crippen LogP contribution in [0.15, 0.2) is 45.9 Å². The molecule has 35 heavy (non-hydrogen) atoms. The fourth-order valence-electron chi connectivity index (χ4n) is 6.02. The molecule has 0 aliphatic heterocycles. The van der Waals surface area contributed by atoms with Gasteiger partial charge in [-0.15, -0.1) is 0 Å². The van der Waals surface area contributed by atoms with E-state index in [1.165, 1.54) is 18.4 Å². The summed E-state index contributed by atoms with van der Waals surface area (Å²) < 4.78 is 45.6. The summed E-state index contributed by atoms with van der Waals surface area (Å²) in [5, 5.41) is 3.93. The molecule has 1 heterocycles. The molecule has 8 heteroatoms. The molecule has 0 spiro atoms. The van der Waals surface area contributed by atoms with Crippen molar-refractivity contribution in [2.45, 2.75) is 82.0 Å². The number of benzene rings is 1. The molecule has 1 aromatic heterocycles. The lowest BCUT2D eigenvalue weighted by Crippen LogP contribution is -2.51. The van der Waals surface area contributed by atoms with E-state index < -0.39 is 11.8 Å². The fourth-order valence-corrected chi connectivity index (χ4v) is 6.02. The summed E-state index contributed by atoms with van der Waals surface area (Å²) in [5.74, 6) is -3.40. The van der Waals surface area contributed by atoms with E-state index in [0.717, 1.165) is 51.1 Å². The number of alkyl halides is 2. The summed E-state index contributed by atoms with van der Waals surface area (Å²) in [6, 6.07) is 8.17. The molecule has 0 radical (unpaired) electrons. The van der Waals surface area contributed by atoms with Gasteiger partial charge in [-0.2, -0.15) is 13.8 Å². The Hall–Kier alpha value is -2.86. The van der Waals surface area contributed by atoms with Crippen LogP contribution < -0.4 is 4.90 Å². The van der Waals surface area contributed by atoms with Crippen molar-refractivity contribution in [2.75, 3.05) is 11.4 Å². The van der Waals surface area contributed by atoms with Crippen molar-refractivity contribution >= 4 is 11.6 Å². The lowest BCUT2D eigenvalue weighted by molar-refractivity contribution is -0.116. The summed E-state index contributed by atoms with van der Waals surface area (Å²) in [7, 11) is 0. The smallest absolute Gasteiger partial charge is 0.322 e. The van der Waals surface area contributed by atoms with Gasteiger partial charge in [0.25, 0.3) is 11.8 Å². The normalized spacial score (nSPS) is 27.8. The molecule has 4 saturated carbocycles. The average Bonchev–Trinajstić information content (AvgIpc) is 3.55. The Morgan fingerprint density at radius 1 is 1.20 bits per heavy atom. The minimum Gasteiger partial charge on any atom is -0.333 e. The monoisotopic (exact) mass is 483 g/mol. The second kappa shape index (κ2) is 7.82. The van der Waals surface area contributed by atoms with Crippen molar-refractivity contribution in [1.82, 2.24) is 10.1 Å². The van der Waals surface area contributed by atoms with Gasteiger partial charge in [0, 0.05) is 31.0 Å². The van der Waals surface area contributed by atoms with Gasteiger partial charge in [0.1, 0.15) is 5.83 Å². The SMILES string of the molecule is CC(F)(F)c1nc(C23CCC(CN(C(=O)C4=C=C(F)C4)c4cccc(C5CC5)c4)(CC2)CC3)no1. The van der Waals surface area contributed by atoms with Gasteiger partial charge in [-0.3, -0.25) is 4.79 Å². The Balaban J connectivity index is 1.25. The lowest BCUT2D eigenvalue weighted by atomic mass is 9.53. The van der Waals surface area contributed by atoms with Crippen molar-refractivity contribution in [1.29, 1.82) is 0 Å². The fraction of sp³-hybridized carbons (Fsp3) is 0.556. The van der Waals surface area contributed by atoms with Gasteiger partial charge < -0.3 is 9.42 Å². The molecule has 5 aliphatic carbocycles. The number of hydrogen-bond donors (Lipinski definition) is 0. The number of halogens is 3. The topological polar surface area (TPSA) is 59.2 Å². The van der Waals surface area contributed by atoms with Gasteiger partial charge in [0.2, 0.25) is 0 Å². The highest BCUT2D eigenvalue weighted by molar-refractivity contribution is 6.06. The number of carbonyl (C=O) groups excluding carboxylic acids is 1. The number of hydrogen-bond acceptors (Lipinski definition) is 4. The van der Waals surface area contributed by atoms with E-state index >= 15 is 0 Å². The lowest BCUT2D eigenvalue weighted by Gasteiger charge is -2.53. The highest BCUT2D eigenvalue weighted by atomic mass is 19.3. The van der Waals surface area contributed by atoms with Crippen LogP contribution in [0.5, 0.6) is 0 Å². The summed E-state index contributed by atoms with van der Waals surface area (Å²) in [5.41, 5.74) is 4.60. The molecule has 2 aromatic rings. The summed E-state index contributed by atoms with van der Waals surface area (Å²) in [6.07, 6.45) is 7.21. The first-order valence-electron chi connectivity index (χ1n) is 12.5. The largest absolute Gasteiger partial charge is 0.333 e. The van der Waals surface area contributed by atoms with E-state index in [4.69, 9.17) is 4.52 Å². The Morgan fingerprint density at radius 2 is 1.89 bits per heavy atom. The zero-order chi connectivity index (χ0) is 24.4. The van der Waals surface area contributed by atoms with E-state index in [9.17, 15) is 18.0 Å². The van der Waals surface area contributed by atoms with Crippen LogP contribution in [-0.2, 0) is 16.1 Å². The van der Waals surface area contributed by atoms with E-state index in [1.807, 2.05) is 17.0 Å². The van der Waals surface area contributed by atoms with Crippen molar-refractivity contribution in [2.24, 2.45) is 5.41 Å². The molecule has 1 amide bonds. The Labute approximate surface area is 202 Å². The number of nitrogens with zero attached hydrogens (tertiary/aromatic N) is 3. The zero-order valence-corrected chi connectivity index (χ0v) is 19.7. The Bertz CT molecular complexity index is 1230. The van der Waals surface area contributed by atoms with Gasteiger partial charge in [-0.1, -0.05) is 23.0 Å². The van der Waals surface area contributed by atoms with Gasteiger partial charge >= 0.3 is 5.92 Å². The second-order valence-corrected chi connectivity index (χ2v) is 11.0. The van der Waals surface area contributed by atoms with E-state index in [1.54, 1.807) is 0 Å². The summed E-state index contributed by atoms with van der Waals surface area (Å²) in [4.78, 5) is 19.3. The Kier molecular flexibility index (Phi) is 5.05. The number of carbonyl (C=O) groups is 1. The molecule has 5 nitrogen and oxygen atoms in total. The standard InChI is InChI=1S/C27H28F3N3O2/c1-25(29,30)24-31-23(32-35-24)27-10-7-26(8-11-27,9-12-27)16-33(22(34)19-13-20(28)14-19)21-4-2-3-18(15-21)17-5-6-17/h2-4,15,17H,5-13,16H2,1H3. The number of anilines is 1. The van der Waals surface area contributed by atoms with E-state index in [2.05, 4.69) is 28.0 Å². The van der Waals surface area contributed by atoms with Gasteiger partial charge in [-0.05, 0) is 80.4 Å². The van der Waals surface area contributed by atoms with Crippen LogP contribution in [0.3, 0.4) is 0 Å². The van der Waals surface area contributed by atoms with Crippen LogP contribution in [0.2, 0.25) is 0 Å². The van der Waals surface area contributed by atoms with Crippen molar-refractivity contribution in [3.8, 4) is 0 Å². The summed E-state index contributed by atoms with van der Waals surface area (Å²) in [6.45, 7) is 1.31. The third-order valence-corrected chi connectivity index (χ3v) is 8.52. The van der Waals surface area contributed by atoms with Crippen LogP contribution in [0.1, 0.15) is 87.9 Å². The van der Waals surface area contributed by atoms with Crippen LogP contribution >= 0.6 is 0 Å². The van der Waals surface area contributed by atoms with Crippen molar-refractivity contribution < 1.29 is 22.5 Å². The molecule has 7 rings (SSSR count). The molecule has 0 atom stereocenters. The van der Waals surface area contributed by atoms with Crippen LogP contribution in [0, 0.1) is 5.41 Å². The maximum Gasteiger partial charge on any atom is 0.322 e. The molecule has 4 fully saturated rings. The average molecular weight is 484 g/mol. The van der Waals surface area contributed by atoms with Crippen LogP contribution in [0.25, 0.3) is 0 Å². The quantitative estimate of drug-likeness (QED) is 0.424. The molecule has 5 aliphatic rings. The van der Waals surface area contributed by atoms with Gasteiger partial charge in [0.05, 0.1) is 5.57 Å². The first-order chi connectivity index (χ1) is 16.7.